The summed E-state index contributed by atoms with van der Waals surface area (Å²) in [6.07, 6.45) is 1.88. The van der Waals surface area contributed by atoms with Gasteiger partial charge in [0.05, 0.1) is 5.69 Å². The van der Waals surface area contributed by atoms with E-state index in [1.54, 1.807) is 0 Å². The molecule has 0 aliphatic rings. The second kappa shape index (κ2) is 9.01. The zero-order valence-electron chi connectivity index (χ0n) is 15.1. The van der Waals surface area contributed by atoms with Gasteiger partial charge in [-0.2, -0.15) is 0 Å². The van der Waals surface area contributed by atoms with Crippen LogP contribution in [0.1, 0.15) is 26.4 Å². The maximum atomic E-state index is 13.7. The van der Waals surface area contributed by atoms with Gasteiger partial charge in [-0.15, -0.1) is 0 Å². The summed E-state index contributed by atoms with van der Waals surface area (Å²) >= 11 is 0. The van der Waals surface area contributed by atoms with E-state index in [0.717, 1.165) is 11.6 Å². The molecule has 29 heavy (non-hydrogen) atoms. The zero-order chi connectivity index (χ0) is 20.8. The Morgan fingerprint density at radius 1 is 0.897 bits per heavy atom. The largest absolute Gasteiger partial charge is 0.350 e. The van der Waals surface area contributed by atoms with Crippen LogP contribution in [0.4, 0.5) is 18.9 Å². The van der Waals surface area contributed by atoms with E-state index >= 15 is 0 Å². The van der Waals surface area contributed by atoms with Crippen LogP contribution in [0.2, 0.25) is 0 Å². The van der Waals surface area contributed by atoms with Crippen LogP contribution < -0.4 is 10.6 Å². The van der Waals surface area contributed by atoms with Gasteiger partial charge in [-0.25, -0.2) is 13.2 Å². The van der Waals surface area contributed by atoms with Gasteiger partial charge in [0.25, 0.3) is 11.8 Å². The first-order valence-corrected chi connectivity index (χ1v) is 8.68. The predicted octanol–water partition coefficient (Wildman–Crippen LogP) is 3.72. The predicted molar refractivity (Wildman–Crippen MR) is 101 cm³/mol. The number of rotatable bonds is 6. The molecule has 0 unspecified atom stereocenters. The minimum Gasteiger partial charge on any atom is -0.350 e. The Balaban J connectivity index is 1.64. The Morgan fingerprint density at radius 3 is 2.41 bits per heavy atom. The molecule has 3 rings (SSSR count). The summed E-state index contributed by atoms with van der Waals surface area (Å²) in [4.78, 5) is 28.5. The number of aromatic nitrogens is 1. The van der Waals surface area contributed by atoms with Gasteiger partial charge in [-0.3, -0.25) is 14.6 Å². The van der Waals surface area contributed by atoms with Crippen molar-refractivity contribution in [1.29, 1.82) is 0 Å². The number of anilines is 1. The molecular weight excluding hydrogens is 383 g/mol. The molecule has 0 aliphatic carbocycles. The number of nitrogens with zero attached hydrogens (tertiary/aromatic N) is 1. The molecule has 0 bridgehead atoms. The zero-order valence-corrected chi connectivity index (χ0v) is 15.1. The lowest BCUT2D eigenvalue weighted by molar-refractivity contribution is 0.0949. The fraction of sp³-hybridized carbons (Fsp3) is 0.0952. The molecule has 0 radical (unpaired) electrons. The number of hydrogen-bond acceptors (Lipinski definition) is 3. The smallest absolute Gasteiger partial charge is 0.269 e. The van der Waals surface area contributed by atoms with Gasteiger partial charge >= 0.3 is 0 Å². The Hall–Kier alpha value is -3.68. The van der Waals surface area contributed by atoms with Gasteiger partial charge < -0.3 is 10.6 Å². The van der Waals surface area contributed by atoms with Crippen LogP contribution in [-0.2, 0) is 6.42 Å². The molecule has 3 aromatic rings. The molecule has 1 heterocycles. The second-order valence-corrected chi connectivity index (χ2v) is 6.10. The van der Waals surface area contributed by atoms with Crippen LogP contribution in [0.3, 0.4) is 0 Å². The summed E-state index contributed by atoms with van der Waals surface area (Å²) in [7, 11) is 0. The average molecular weight is 399 g/mol. The topological polar surface area (TPSA) is 71.1 Å². The third-order valence-corrected chi connectivity index (χ3v) is 4.08. The SMILES string of the molecule is O=C(Nc1ccc(F)c(F)c1F)c1ccnc(C(=O)NCCc2ccccc2)c1. The lowest BCUT2D eigenvalue weighted by atomic mass is 10.1. The number of halogens is 3. The van der Waals surface area contributed by atoms with Crippen LogP contribution in [0.5, 0.6) is 0 Å². The molecule has 8 heteroatoms. The summed E-state index contributed by atoms with van der Waals surface area (Å²) in [6.45, 7) is 0.376. The minimum atomic E-state index is -1.68. The molecule has 0 saturated heterocycles. The first kappa shape index (κ1) is 20.1. The molecule has 5 nitrogen and oxygen atoms in total. The van der Waals surface area contributed by atoms with Gasteiger partial charge in [0.15, 0.2) is 17.5 Å². The molecule has 2 aromatic carbocycles. The Bertz CT molecular complexity index is 1040. The van der Waals surface area contributed by atoms with Crippen molar-refractivity contribution in [2.45, 2.75) is 6.42 Å². The maximum absolute atomic E-state index is 13.7. The first-order valence-electron chi connectivity index (χ1n) is 8.68. The van der Waals surface area contributed by atoms with Gasteiger partial charge in [-0.1, -0.05) is 30.3 Å². The third-order valence-electron chi connectivity index (χ3n) is 4.08. The van der Waals surface area contributed by atoms with E-state index in [4.69, 9.17) is 0 Å². The van der Waals surface area contributed by atoms with Gasteiger partial charge in [0, 0.05) is 18.3 Å². The summed E-state index contributed by atoms with van der Waals surface area (Å²) in [5.41, 5.74) is 0.552. The van der Waals surface area contributed by atoms with E-state index in [1.165, 1.54) is 18.3 Å². The Labute approximate surface area is 164 Å². The van der Waals surface area contributed by atoms with Crippen molar-refractivity contribution in [3.63, 3.8) is 0 Å². The standard InChI is InChI=1S/C21H16F3N3O2/c22-15-6-7-16(19(24)18(15)23)27-20(28)14-9-11-25-17(12-14)21(29)26-10-8-13-4-2-1-3-5-13/h1-7,9,11-12H,8,10H2,(H,26,29)(H,27,28). The molecule has 148 valence electrons. The minimum absolute atomic E-state index is 0.00327. The quantitative estimate of drug-likeness (QED) is 0.621. The molecule has 0 atom stereocenters. The third kappa shape index (κ3) is 4.98. The van der Waals surface area contributed by atoms with E-state index in [0.29, 0.717) is 19.0 Å². The van der Waals surface area contributed by atoms with Crippen LogP contribution in [0.25, 0.3) is 0 Å². The van der Waals surface area contributed by atoms with E-state index in [1.807, 2.05) is 30.3 Å². The monoisotopic (exact) mass is 399 g/mol. The maximum Gasteiger partial charge on any atom is 0.269 e. The lowest BCUT2D eigenvalue weighted by Crippen LogP contribution is -2.27. The van der Waals surface area contributed by atoms with E-state index in [-0.39, 0.29) is 11.3 Å². The Kier molecular flexibility index (Phi) is 6.23. The van der Waals surface area contributed by atoms with Gasteiger partial charge in [-0.05, 0) is 36.2 Å². The molecule has 2 amide bonds. The highest BCUT2D eigenvalue weighted by molar-refractivity contribution is 6.05. The van der Waals surface area contributed by atoms with Crippen molar-refractivity contribution in [3.8, 4) is 0 Å². The Morgan fingerprint density at radius 2 is 1.66 bits per heavy atom. The fourth-order valence-electron chi connectivity index (χ4n) is 2.57. The number of carbonyl (C=O) groups is 2. The van der Waals surface area contributed by atoms with Crippen LogP contribution in [0, 0.1) is 17.5 Å². The van der Waals surface area contributed by atoms with Crippen molar-refractivity contribution in [1.82, 2.24) is 10.3 Å². The number of nitrogens with one attached hydrogen (secondary N) is 2. The first-order chi connectivity index (χ1) is 14.0. The van der Waals surface area contributed by atoms with Gasteiger partial charge in [0.1, 0.15) is 5.69 Å². The summed E-state index contributed by atoms with van der Waals surface area (Å²) in [5.74, 6) is -5.83. The molecule has 2 N–H and O–H groups in total. The normalized spacial score (nSPS) is 10.4. The average Bonchev–Trinajstić information content (AvgIpc) is 2.75. The number of pyridine rings is 1. The number of benzene rings is 2. The summed E-state index contributed by atoms with van der Waals surface area (Å²) in [5, 5.41) is 4.85. The van der Waals surface area contributed by atoms with Crippen LogP contribution in [-0.4, -0.2) is 23.3 Å². The molecule has 0 spiro atoms. The fourth-order valence-corrected chi connectivity index (χ4v) is 2.57. The van der Waals surface area contributed by atoms with Crippen molar-refractivity contribution in [3.05, 3.63) is 95.1 Å². The number of carbonyl (C=O) groups excluding carboxylic acids is 2. The summed E-state index contributed by atoms with van der Waals surface area (Å²) < 4.78 is 40.0. The van der Waals surface area contributed by atoms with E-state index < -0.39 is 35.0 Å². The molecule has 0 fully saturated rings. The highest BCUT2D eigenvalue weighted by Crippen LogP contribution is 2.20. The van der Waals surface area contributed by atoms with Crippen molar-refractivity contribution >= 4 is 17.5 Å². The van der Waals surface area contributed by atoms with Crippen LogP contribution in [0.15, 0.2) is 60.8 Å². The van der Waals surface area contributed by atoms with Crippen LogP contribution >= 0.6 is 0 Å². The molecular formula is C21H16F3N3O2. The van der Waals surface area contributed by atoms with E-state index in [2.05, 4.69) is 15.6 Å². The number of hydrogen-bond donors (Lipinski definition) is 2. The van der Waals surface area contributed by atoms with Crippen molar-refractivity contribution in [2.75, 3.05) is 11.9 Å². The molecule has 1 aromatic heterocycles. The van der Waals surface area contributed by atoms with E-state index in [9.17, 15) is 22.8 Å². The van der Waals surface area contributed by atoms with Crippen molar-refractivity contribution in [2.24, 2.45) is 0 Å². The highest BCUT2D eigenvalue weighted by atomic mass is 19.2. The lowest BCUT2D eigenvalue weighted by Gasteiger charge is -2.09. The van der Waals surface area contributed by atoms with Gasteiger partial charge in [0.2, 0.25) is 0 Å². The summed E-state index contributed by atoms with van der Waals surface area (Å²) in [6, 6.07) is 13.7. The second-order valence-electron chi connectivity index (χ2n) is 6.10. The molecule has 0 aliphatic heterocycles. The molecule has 0 saturated carbocycles. The number of amides is 2. The highest BCUT2D eigenvalue weighted by Gasteiger charge is 2.17. The van der Waals surface area contributed by atoms with Crippen molar-refractivity contribution < 1.29 is 22.8 Å².